The average molecular weight is 452 g/mol. The van der Waals surface area contributed by atoms with Crippen molar-refractivity contribution >= 4 is 49.9 Å². The van der Waals surface area contributed by atoms with E-state index in [0.717, 1.165) is 5.56 Å². The molecule has 0 fully saturated rings. The maximum Gasteiger partial charge on any atom is 0.264 e. The van der Waals surface area contributed by atoms with Crippen molar-refractivity contribution in [1.82, 2.24) is 20.1 Å². The first-order valence-electron chi connectivity index (χ1n) is 8.48. The number of sulfonamides is 1. The minimum absolute atomic E-state index is 0.0210. The van der Waals surface area contributed by atoms with Gasteiger partial charge in [0.1, 0.15) is 10.4 Å². The molecule has 0 atom stereocenters. The zero-order valence-corrected chi connectivity index (χ0v) is 17.7. The molecule has 0 aliphatic rings. The smallest absolute Gasteiger partial charge is 0.264 e. The summed E-state index contributed by atoms with van der Waals surface area (Å²) in [7, 11) is -3.93. The molecule has 2 aromatic heterocycles. The van der Waals surface area contributed by atoms with Gasteiger partial charge in [0.25, 0.3) is 10.0 Å². The predicted octanol–water partition coefficient (Wildman–Crippen LogP) is 4.19. The van der Waals surface area contributed by atoms with Crippen LogP contribution < -0.4 is 4.72 Å². The van der Waals surface area contributed by atoms with Gasteiger partial charge < -0.3 is 0 Å². The Hall–Kier alpha value is -2.62. The van der Waals surface area contributed by atoms with Gasteiger partial charge in [-0.15, -0.1) is 0 Å². The van der Waals surface area contributed by atoms with Crippen molar-refractivity contribution in [2.24, 2.45) is 0 Å². The van der Waals surface area contributed by atoms with E-state index in [2.05, 4.69) is 24.8 Å². The summed E-state index contributed by atoms with van der Waals surface area (Å²) in [4.78, 5) is -0.0210. The highest BCUT2D eigenvalue weighted by molar-refractivity contribution is 7.93. The molecule has 1 N–H and O–H groups in total. The molecule has 11 heteroatoms. The molecule has 0 spiro atoms. The van der Waals surface area contributed by atoms with E-state index >= 15 is 0 Å². The van der Waals surface area contributed by atoms with Gasteiger partial charge in [0, 0.05) is 0 Å². The molecular weight excluding hydrogens is 437 g/mol. The maximum absolute atomic E-state index is 13.0. The molecule has 8 nitrogen and oxygen atoms in total. The van der Waals surface area contributed by atoms with Gasteiger partial charge >= 0.3 is 0 Å². The molecule has 2 aromatic carbocycles. The molecule has 0 bridgehead atoms. The van der Waals surface area contributed by atoms with Crippen molar-refractivity contribution in [2.45, 2.75) is 25.3 Å². The number of hydrogen-bond donors (Lipinski definition) is 1. The number of aryl methyl sites for hydroxylation is 1. The van der Waals surface area contributed by atoms with Gasteiger partial charge in [0.15, 0.2) is 5.52 Å². The normalized spacial score (nSPS) is 11.9. The van der Waals surface area contributed by atoms with Crippen LogP contribution in [0.4, 0.5) is 5.69 Å². The molecule has 0 unspecified atom stereocenters. The molecule has 0 saturated carbocycles. The van der Waals surface area contributed by atoms with E-state index in [4.69, 9.17) is 23.2 Å². The largest absolute Gasteiger partial charge is 0.276 e. The van der Waals surface area contributed by atoms with Gasteiger partial charge in [-0.3, -0.25) is 9.40 Å². The lowest BCUT2D eigenvalue weighted by atomic mass is 10.2. The van der Waals surface area contributed by atoms with E-state index in [1.807, 2.05) is 6.07 Å². The summed E-state index contributed by atoms with van der Waals surface area (Å²) in [6.07, 6.45) is 0. The third kappa shape index (κ3) is 3.68. The summed E-state index contributed by atoms with van der Waals surface area (Å²) in [5, 5.41) is 12.7. The Morgan fingerprint density at radius 3 is 2.66 bits per heavy atom. The van der Waals surface area contributed by atoms with E-state index in [0.29, 0.717) is 39.2 Å². The summed E-state index contributed by atoms with van der Waals surface area (Å²) < 4.78 is 34.9. The summed E-state index contributed by atoms with van der Waals surface area (Å²) in [5.41, 5.74) is 3.01. The molecule has 0 aliphatic heterocycles. The standard InChI is InChI=1S/C18H15Cl2N5O3S/c1-10-17(11(2)25(21-10)9-12-6-7-13(19)14(20)8-12)24-29(26,27)16-5-3-4-15-18(16)23-28-22-15/h3-8,24H,9H2,1-2H3. The highest BCUT2D eigenvalue weighted by Crippen LogP contribution is 2.28. The monoisotopic (exact) mass is 451 g/mol. The van der Waals surface area contributed by atoms with Gasteiger partial charge in [0.05, 0.1) is 33.7 Å². The highest BCUT2D eigenvalue weighted by atomic mass is 35.5. The molecule has 0 radical (unpaired) electrons. The topological polar surface area (TPSA) is 103 Å². The van der Waals surface area contributed by atoms with Gasteiger partial charge in [-0.1, -0.05) is 35.3 Å². The average Bonchev–Trinajstić information content (AvgIpc) is 3.25. The Kier molecular flexibility index (Phi) is 4.97. The second-order valence-corrected chi connectivity index (χ2v) is 8.91. The molecule has 0 saturated heterocycles. The van der Waals surface area contributed by atoms with E-state index in [1.54, 1.807) is 42.8 Å². The Morgan fingerprint density at radius 1 is 1.10 bits per heavy atom. The van der Waals surface area contributed by atoms with Crippen LogP contribution in [0.25, 0.3) is 11.0 Å². The highest BCUT2D eigenvalue weighted by Gasteiger charge is 2.24. The van der Waals surface area contributed by atoms with Crippen molar-refractivity contribution in [2.75, 3.05) is 4.72 Å². The quantitative estimate of drug-likeness (QED) is 0.487. The van der Waals surface area contributed by atoms with Crippen LogP contribution in [0.15, 0.2) is 45.9 Å². The fourth-order valence-electron chi connectivity index (χ4n) is 3.00. The Bertz CT molecular complexity index is 1330. The molecule has 0 amide bonds. The number of benzene rings is 2. The van der Waals surface area contributed by atoms with Crippen LogP contribution in [-0.4, -0.2) is 28.5 Å². The lowest BCUT2D eigenvalue weighted by molar-refractivity contribution is 0.315. The van der Waals surface area contributed by atoms with Crippen molar-refractivity contribution in [3.63, 3.8) is 0 Å². The third-order valence-electron chi connectivity index (χ3n) is 4.47. The number of hydrogen-bond acceptors (Lipinski definition) is 6. The Balaban J connectivity index is 1.67. The van der Waals surface area contributed by atoms with E-state index in [9.17, 15) is 8.42 Å². The van der Waals surface area contributed by atoms with Gasteiger partial charge in [-0.25, -0.2) is 13.0 Å². The van der Waals surface area contributed by atoms with Gasteiger partial charge in [-0.05, 0) is 54.0 Å². The van der Waals surface area contributed by atoms with E-state index in [1.165, 1.54) is 6.07 Å². The fourth-order valence-corrected chi connectivity index (χ4v) is 4.65. The van der Waals surface area contributed by atoms with Gasteiger partial charge in [-0.2, -0.15) is 5.10 Å². The molecule has 150 valence electrons. The molecular formula is C18H15Cl2N5O3S. The van der Waals surface area contributed by atoms with Crippen LogP contribution in [0.2, 0.25) is 10.0 Å². The van der Waals surface area contributed by atoms with Crippen molar-refractivity contribution < 1.29 is 13.0 Å². The molecule has 29 heavy (non-hydrogen) atoms. The molecule has 2 heterocycles. The van der Waals surface area contributed by atoms with Crippen LogP contribution in [0.5, 0.6) is 0 Å². The van der Waals surface area contributed by atoms with Crippen LogP contribution in [0, 0.1) is 13.8 Å². The second kappa shape index (κ2) is 7.33. The minimum Gasteiger partial charge on any atom is -0.276 e. The summed E-state index contributed by atoms with van der Waals surface area (Å²) in [6.45, 7) is 3.93. The minimum atomic E-state index is -3.93. The van der Waals surface area contributed by atoms with E-state index in [-0.39, 0.29) is 10.4 Å². The summed E-state index contributed by atoms with van der Waals surface area (Å²) >= 11 is 12.0. The van der Waals surface area contributed by atoms with Crippen LogP contribution >= 0.6 is 23.2 Å². The van der Waals surface area contributed by atoms with Crippen LogP contribution in [0.3, 0.4) is 0 Å². The first-order chi connectivity index (χ1) is 13.8. The second-order valence-electron chi connectivity index (χ2n) is 6.45. The first kappa shape index (κ1) is 19.7. The Morgan fingerprint density at radius 2 is 1.90 bits per heavy atom. The number of nitrogens with one attached hydrogen (secondary N) is 1. The fraction of sp³-hybridized carbons (Fsp3) is 0.167. The van der Waals surface area contributed by atoms with Gasteiger partial charge in [0.2, 0.25) is 0 Å². The summed E-state index contributed by atoms with van der Waals surface area (Å²) in [5.74, 6) is 0. The first-order valence-corrected chi connectivity index (χ1v) is 10.7. The zero-order chi connectivity index (χ0) is 20.8. The molecule has 4 rings (SSSR count). The third-order valence-corrected chi connectivity index (χ3v) is 6.59. The SMILES string of the molecule is Cc1nn(Cc2ccc(Cl)c(Cl)c2)c(C)c1NS(=O)(=O)c1cccc2nonc12. The summed E-state index contributed by atoms with van der Waals surface area (Å²) in [6, 6.07) is 9.95. The van der Waals surface area contributed by atoms with Crippen LogP contribution in [-0.2, 0) is 16.6 Å². The van der Waals surface area contributed by atoms with Crippen LogP contribution in [0.1, 0.15) is 17.0 Å². The lowest BCUT2D eigenvalue weighted by Crippen LogP contribution is -2.15. The number of halogens is 2. The van der Waals surface area contributed by atoms with Crippen molar-refractivity contribution in [3.8, 4) is 0 Å². The number of rotatable bonds is 5. The number of nitrogens with zero attached hydrogens (tertiary/aromatic N) is 4. The molecule has 0 aliphatic carbocycles. The lowest BCUT2D eigenvalue weighted by Gasteiger charge is -2.09. The maximum atomic E-state index is 13.0. The van der Waals surface area contributed by atoms with Crippen molar-refractivity contribution in [1.29, 1.82) is 0 Å². The molecule has 4 aromatic rings. The van der Waals surface area contributed by atoms with Crippen molar-refractivity contribution in [3.05, 3.63) is 63.4 Å². The number of aromatic nitrogens is 4. The number of anilines is 1. The van der Waals surface area contributed by atoms with E-state index < -0.39 is 10.0 Å². The Labute approximate surface area is 176 Å². The number of fused-ring (bicyclic) bond motifs is 1. The zero-order valence-electron chi connectivity index (χ0n) is 15.3. The predicted molar refractivity (Wildman–Crippen MR) is 110 cm³/mol.